The quantitative estimate of drug-likeness (QED) is 0.867. The number of aromatic nitrogens is 1. The first-order chi connectivity index (χ1) is 10.7. The van der Waals surface area contributed by atoms with Gasteiger partial charge < -0.3 is 20.1 Å². The summed E-state index contributed by atoms with van der Waals surface area (Å²) in [6, 6.07) is 2.47. The molecular formula is C16H26N4O2. The average Bonchev–Trinajstić information content (AvgIpc) is 3.18. The van der Waals surface area contributed by atoms with Crippen molar-refractivity contribution in [3.63, 3.8) is 0 Å². The number of amides is 1. The van der Waals surface area contributed by atoms with E-state index >= 15 is 0 Å². The van der Waals surface area contributed by atoms with Gasteiger partial charge in [-0.25, -0.2) is 0 Å². The highest BCUT2D eigenvalue weighted by atomic mass is 16.5. The van der Waals surface area contributed by atoms with Crippen molar-refractivity contribution in [2.24, 2.45) is 5.92 Å². The molecule has 0 aromatic carbocycles. The SMILES string of the molecule is Cc1cc(NC(=O)CCN2CCC(C3CCCN3)CC2)no1. The van der Waals surface area contributed by atoms with Crippen LogP contribution in [0, 0.1) is 12.8 Å². The van der Waals surface area contributed by atoms with Crippen LogP contribution in [0.1, 0.15) is 37.9 Å². The minimum atomic E-state index is 0.00730. The van der Waals surface area contributed by atoms with Crippen LogP contribution in [0.15, 0.2) is 10.6 Å². The molecule has 1 aromatic rings. The van der Waals surface area contributed by atoms with Crippen molar-refractivity contribution in [2.45, 2.75) is 45.1 Å². The number of piperidine rings is 1. The molecule has 0 saturated carbocycles. The fourth-order valence-electron chi connectivity index (χ4n) is 3.58. The van der Waals surface area contributed by atoms with E-state index in [-0.39, 0.29) is 5.91 Å². The molecule has 1 unspecified atom stereocenters. The van der Waals surface area contributed by atoms with E-state index in [2.05, 4.69) is 20.7 Å². The van der Waals surface area contributed by atoms with E-state index in [0.29, 0.717) is 18.0 Å². The second kappa shape index (κ2) is 7.24. The molecule has 6 heteroatoms. The zero-order valence-electron chi connectivity index (χ0n) is 13.3. The van der Waals surface area contributed by atoms with Crippen LogP contribution >= 0.6 is 0 Å². The second-order valence-electron chi connectivity index (χ2n) is 6.50. The van der Waals surface area contributed by atoms with Crippen molar-refractivity contribution in [1.29, 1.82) is 0 Å². The number of hydrogen-bond donors (Lipinski definition) is 2. The molecule has 6 nitrogen and oxygen atoms in total. The number of aryl methyl sites for hydroxylation is 1. The van der Waals surface area contributed by atoms with Crippen molar-refractivity contribution in [1.82, 2.24) is 15.4 Å². The maximum Gasteiger partial charge on any atom is 0.226 e. The third-order valence-electron chi connectivity index (χ3n) is 4.85. The zero-order valence-corrected chi connectivity index (χ0v) is 13.3. The van der Waals surface area contributed by atoms with Crippen LogP contribution in [-0.2, 0) is 4.79 Å². The molecule has 0 bridgehead atoms. The van der Waals surface area contributed by atoms with E-state index in [1.54, 1.807) is 6.07 Å². The molecule has 2 fully saturated rings. The minimum absolute atomic E-state index is 0.00730. The van der Waals surface area contributed by atoms with Gasteiger partial charge in [-0.1, -0.05) is 5.16 Å². The molecule has 2 N–H and O–H groups in total. The highest BCUT2D eigenvalue weighted by molar-refractivity contribution is 5.89. The molecule has 0 radical (unpaired) electrons. The smallest absolute Gasteiger partial charge is 0.226 e. The first kappa shape index (κ1) is 15.5. The Morgan fingerprint density at radius 2 is 2.27 bits per heavy atom. The molecular weight excluding hydrogens is 280 g/mol. The maximum absolute atomic E-state index is 11.9. The number of nitrogens with one attached hydrogen (secondary N) is 2. The van der Waals surface area contributed by atoms with E-state index in [0.717, 1.165) is 31.6 Å². The predicted octanol–water partition coefficient (Wildman–Crippen LogP) is 1.78. The van der Waals surface area contributed by atoms with Crippen LogP contribution in [0.2, 0.25) is 0 Å². The largest absolute Gasteiger partial charge is 0.360 e. The number of hydrogen-bond acceptors (Lipinski definition) is 5. The standard InChI is InChI=1S/C16H26N4O2/c1-12-11-15(19-22-12)18-16(21)6-10-20-8-4-13(5-9-20)14-3-2-7-17-14/h11,13-14,17H,2-10H2,1H3,(H,18,19,21). The van der Waals surface area contributed by atoms with Crippen molar-refractivity contribution < 1.29 is 9.32 Å². The predicted molar refractivity (Wildman–Crippen MR) is 84.7 cm³/mol. The fraction of sp³-hybridized carbons (Fsp3) is 0.750. The van der Waals surface area contributed by atoms with E-state index in [9.17, 15) is 4.79 Å². The number of nitrogens with zero attached hydrogens (tertiary/aromatic N) is 2. The molecule has 3 rings (SSSR count). The van der Waals surface area contributed by atoms with Gasteiger partial charge in [0.05, 0.1) is 0 Å². The topological polar surface area (TPSA) is 70.4 Å². The Labute approximate surface area is 131 Å². The van der Waals surface area contributed by atoms with Crippen molar-refractivity contribution in [3.8, 4) is 0 Å². The summed E-state index contributed by atoms with van der Waals surface area (Å²) in [5, 5.41) is 10.2. The number of anilines is 1. The molecule has 2 saturated heterocycles. The Hall–Kier alpha value is -1.40. The van der Waals surface area contributed by atoms with Crippen LogP contribution in [-0.4, -0.2) is 48.2 Å². The van der Waals surface area contributed by atoms with Crippen molar-refractivity contribution >= 4 is 11.7 Å². The summed E-state index contributed by atoms with van der Waals surface area (Å²) in [4.78, 5) is 14.3. The lowest BCUT2D eigenvalue weighted by atomic mass is 9.88. The molecule has 2 aliphatic heterocycles. The number of carbonyl (C=O) groups is 1. The molecule has 0 spiro atoms. The first-order valence-electron chi connectivity index (χ1n) is 8.39. The van der Waals surface area contributed by atoms with Crippen LogP contribution in [0.4, 0.5) is 5.82 Å². The van der Waals surface area contributed by atoms with E-state index < -0.39 is 0 Å². The lowest BCUT2D eigenvalue weighted by Crippen LogP contribution is -2.41. The Bertz CT molecular complexity index is 488. The van der Waals surface area contributed by atoms with E-state index in [4.69, 9.17) is 4.52 Å². The number of carbonyl (C=O) groups excluding carboxylic acids is 1. The van der Waals surface area contributed by atoms with Crippen LogP contribution in [0.3, 0.4) is 0 Å². The first-order valence-corrected chi connectivity index (χ1v) is 8.39. The molecule has 1 atom stereocenters. The van der Waals surface area contributed by atoms with Gasteiger partial charge in [0, 0.05) is 25.1 Å². The summed E-state index contributed by atoms with van der Waals surface area (Å²) in [5.41, 5.74) is 0. The van der Waals surface area contributed by atoms with Crippen LogP contribution < -0.4 is 10.6 Å². The van der Waals surface area contributed by atoms with Gasteiger partial charge in [-0.05, 0) is 58.2 Å². The summed E-state index contributed by atoms with van der Waals surface area (Å²) >= 11 is 0. The molecule has 2 aliphatic rings. The Balaban J connectivity index is 1.35. The van der Waals surface area contributed by atoms with Gasteiger partial charge in [-0.2, -0.15) is 0 Å². The van der Waals surface area contributed by atoms with Crippen LogP contribution in [0.5, 0.6) is 0 Å². The van der Waals surface area contributed by atoms with Crippen molar-refractivity contribution in [2.75, 3.05) is 31.5 Å². The number of rotatable bonds is 5. The van der Waals surface area contributed by atoms with Gasteiger partial charge in [0.25, 0.3) is 0 Å². The van der Waals surface area contributed by atoms with Crippen molar-refractivity contribution in [3.05, 3.63) is 11.8 Å². The number of likely N-dealkylation sites (tertiary alicyclic amines) is 1. The maximum atomic E-state index is 11.9. The fourth-order valence-corrected chi connectivity index (χ4v) is 3.58. The Morgan fingerprint density at radius 3 is 2.91 bits per heavy atom. The van der Waals surface area contributed by atoms with Gasteiger partial charge in [-0.15, -0.1) is 0 Å². The molecule has 122 valence electrons. The van der Waals surface area contributed by atoms with Gasteiger partial charge in [0.15, 0.2) is 5.82 Å². The zero-order chi connectivity index (χ0) is 15.4. The lowest BCUT2D eigenvalue weighted by Gasteiger charge is -2.34. The molecule has 3 heterocycles. The Kier molecular flexibility index (Phi) is 5.10. The molecule has 0 aliphatic carbocycles. The molecule has 1 aromatic heterocycles. The highest BCUT2D eigenvalue weighted by Crippen LogP contribution is 2.25. The van der Waals surface area contributed by atoms with Gasteiger partial charge >= 0.3 is 0 Å². The summed E-state index contributed by atoms with van der Waals surface area (Å²) in [7, 11) is 0. The second-order valence-corrected chi connectivity index (χ2v) is 6.50. The molecule has 22 heavy (non-hydrogen) atoms. The highest BCUT2D eigenvalue weighted by Gasteiger charge is 2.28. The monoisotopic (exact) mass is 306 g/mol. The van der Waals surface area contributed by atoms with Gasteiger partial charge in [-0.3, -0.25) is 4.79 Å². The third-order valence-corrected chi connectivity index (χ3v) is 4.85. The van der Waals surface area contributed by atoms with Crippen LogP contribution in [0.25, 0.3) is 0 Å². The summed E-state index contributed by atoms with van der Waals surface area (Å²) in [5.74, 6) is 2.05. The molecule has 1 amide bonds. The average molecular weight is 306 g/mol. The third kappa shape index (κ3) is 4.08. The normalized spacial score (nSPS) is 23.8. The minimum Gasteiger partial charge on any atom is -0.360 e. The summed E-state index contributed by atoms with van der Waals surface area (Å²) in [6.45, 7) is 6.05. The van der Waals surface area contributed by atoms with Gasteiger partial charge in [0.2, 0.25) is 5.91 Å². The van der Waals surface area contributed by atoms with Gasteiger partial charge in [0.1, 0.15) is 5.76 Å². The van der Waals surface area contributed by atoms with E-state index in [1.165, 1.54) is 32.2 Å². The summed E-state index contributed by atoms with van der Waals surface area (Å²) in [6.07, 6.45) is 5.68. The Morgan fingerprint density at radius 1 is 1.45 bits per heavy atom. The lowest BCUT2D eigenvalue weighted by molar-refractivity contribution is -0.116. The van der Waals surface area contributed by atoms with E-state index in [1.807, 2.05) is 6.92 Å². The summed E-state index contributed by atoms with van der Waals surface area (Å²) < 4.78 is 4.94.